The predicted octanol–water partition coefficient (Wildman–Crippen LogP) is 5.89. The number of halogens is 1. The SMILES string of the molecule is Cc1cc(F)cc(C)c1Oc1ccc(C(C)(C)O)cc1-c1cn(C)c(=O)cc1O[C@H]1CC[C@H](N2C(=O)O[C@@H](C)C2=O)CC1. The van der Waals surface area contributed by atoms with Crippen LogP contribution in [0.5, 0.6) is 17.2 Å². The molecule has 1 N–H and O–H groups in total. The van der Waals surface area contributed by atoms with Crippen LogP contribution in [0, 0.1) is 19.7 Å². The normalized spacial score (nSPS) is 20.7. The van der Waals surface area contributed by atoms with Crippen molar-refractivity contribution in [1.29, 1.82) is 0 Å². The van der Waals surface area contributed by atoms with Crippen molar-refractivity contribution in [2.75, 3.05) is 0 Å². The van der Waals surface area contributed by atoms with Gasteiger partial charge in [-0.25, -0.2) is 14.1 Å². The van der Waals surface area contributed by atoms with Crippen LogP contribution in [0.15, 0.2) is 47.4 Å². The first-order valence-corrected chi connectivity index (χ1v) is 14.5. The smallest absolute Gasteiger partial charge is 0.417 e. The molecule has 9 nitrogen and oxygen atoms in total. The number of rotatable bonds is 7. The number of carbonyl (C=O) groups excluding carboxylic acids is 2. The summed E-state index contributed by atoms with van der Waals surface area (Å²) in [7, 11) is 1.64. The maximum absolute atomic E-state index is 14.0. The van der Waals surface area contributed by atoms with Gasteiger partial charge in [0.15, 0.2) is 6.10 Å². The van der Waals surface area contributed by atoms with E-state index in [0.717, 1.165) is 0 Å². The highest BCUT2D eigenvalue weighted by Crippen LogP contribution is 2.42. The highest BCUT2D eigenvalue weighted by Gasteiger charge is 2.43. The van der Waals surface area contributed by atoms with Gasteiger partial charge in [-0.2, -0.15) is 0 Å². The van der Waals surface area contributed by atoms with Crippen LogP contribution in [0.1, 0.15) is 63.1 Å². The van der Waals surface area contributed by atoms with Crippen molar-refractivity contribution in [3.05, 3.63) is 75.5 Å². The molecule has 5 rings (SSSR count). The van der Waals surface area contributed by atoms with Gasteiger partial charge in [0.05, 0.1) is 11.7 Å². The number of nitrogens with zero attached hydrogens (tertiary/aromatic N) is 2. The first-order valence-electron chi connectivity index (χ1n) is 14.5. The maximum atomic E-state index is 14.0. The third-order valence-corrected chi connectivity index (χ3v) is 8.17. The van der Waals surface area contributed by atoms with Gasteiger partial charge >= 0.3 is 6.09 Å². The number of benzene rings is 2. The number of hydrogen-bond acceptors (Lipinski definition) is 7. The summed E-state index contributed by atoms with van der Waals surface area (Å²) in [6.45, 7) is 8.46. The summed E-state index contributed by atoms with van der Waals surface area (Å²) in [5.41, 5.74) is 1.60. The number of aryl methyl sites for hydroxylation is 3. The van der Waals surface area contributed by atoms with Crippen LogP contribution in [-0.2, 0) is 22.2 Å². The number of aromatic nitrogens is 1. The van der Waals surface area contributed by atoms with E-state index in [9.17, 15) is 23.9 Å². The zero-order valence-electron chi connectivity index (χ0n) is 25.3. The van der Waals surface area contributed by atoms with Gasteiger partial charge < -0.3 is 23.9 Å². The van der Waals surface area contributed by atoms with Crippen LogP contribution < -0.4 is 15.0 Å². The summed E-state index contributed by atoms with van der Waals surface area (Å²) in [6, 6.07) is 9.29. The molecule has 2 aromatic carbocycles. The molecule has 43 heavy (non-hydrogen) atoms. The predicted molar refractivity (Wildman–Crippen MR) is 158 cm³/mol. The topological polar surface area (TPSA) is 107 Å². The molecular weight excluding hydrogens is 555 g/mol. The van der Waals surface area contributed by atoms with Gasteiger partial charge in [0.1, 0.15) is 23.1 Å². The molecule has 10 heteroatoms. The summed E-state index contributed by atoms with van der Waals surface area (Å²) in [5, 5.41) is 10.8. The summed E-state index contributed by atoms with van der Waals surface area (Å²) in [4.78, 5) is 38.7. The molecule has 3 aromatic rings. The Kier molecular flexibility index (Phi) is 8.09. The van der Waals surface area contributed by atoms with Gasteiger partial charge in [0.2, 0.25) is 0 Å². The Morgan fingerprint density at radius 2 is 1.60 bits per heavy atom. The van der Waals surface area contributed by atoms with Gasteiger partial charge in [-0.05, 0) is 101 Å². The third kappa shape index (κ3) is 6.15. The molecular formula is C33H37FN2O7. The number of cyclic esters (lactones) is 1. The van der Waals surface area contributed by atoms with Crippen molar-refractivity contribution >= 4 is 12.0 Å². The first kappa shape index (κ1) is 30.3. The molecule has 228 valence electrons. The van der Waals surface area contributed by atoms with Crippen LogP contribution in [0.4, 0.5) is 9.18 Å². The van der Waals surface area contributed by atoms with Crippen molar-refractivity contribution < 1.29 is 33.3 Å². The van der Waals surface area contributed by atoms with Crippen LogP contribution in [0.3, 0.4) is 0 Å². The lowest BCUT2D eigenvalue weighted by Gasteiger charge is -2.32. The molecule has 1 saturated heterocycles. The van der Waals surface area contributed by atoms with Gasteiger partial charge in [0.25, 0.3) is 11.5 Å². The van der Waals surface area contributed by atoms with Crippen molar-refractivity contribution in [2.45, 2.75) is 84.2 Å². The molecule has 0 spiro atoms. The fourth-order valence-electron chi connectivity index (χ4n) is 5.76. The van der Waals surface area contributed by atoms with Crippen molar-refractivity contribution in [3.63, 3.8) is 0 Å². The third-order valence-electron chi connectivity index (χ3n) is 8.17. The molecule has 1 aromatic heterocycles. The summed E-state index contributed by atoms with van der Waals surface area (Å²) in [5.74, 6) is 0.617. The number of ether oxygens (including phenoxy) is 3. The summed E-state index contributed by atoms with van der Waals surface area (Å²) < 4.78 is 33.4. The van der Waals surface area contributed by atoms with E-state index >= 15 is 0 Å². The Morgan fingerprint density at radius 1 is 0.953 bits per heavy atom. The molecule has 2 amide bonds. The molecule has 2 heterocycles. The number of aliphatic hydroxyl groups is 1. The second-order valence-electron chi connectivity index (χ2n) is 12.0. The monoisotopic (exact) mass is 592 g/mol. The molecule has 0 radical (unpaired) electrons. The highest BCUT2D eigenvalue weighted by atomic mass is 19.1. The average Bonchev–Trinajstić information content (AvgIpc) is 3.18. The van der Waals surface area contributed by atoms with Crippen LogP contribution in [0.2, 0.25) is 0 Å². The quantitative estimate of drug-likeness (QED) is 0.365. The minimum atomic E-state index is -1.17. The minimum Gasteiger partial charge on any atom is -0.490 e. The minimum absolute atomic E-state index is 0.265. The zero-order valence-corrected chi connectivity index (χ0v) is 25.3. The van der Waals surface area contributed by atoms with Crippen LogP contribution in [-0.4, -0.2) is 44.8 Å². The lowest BCUT2D eigenvalue weighted by atomic mass is 9.91. The molecule has 0 bridgehead atoms. The lowest BCUT2D eigenvalue weighted by Crippen LogP contribution is -2.43. The molecule has 2 fully saturated rings. The van der Waals surface area contributed by atoms with Crippen LogP contribution in [0.25, 0.3) is 11.1 Å². The number of carbonyl (C=O) groups is 2. The standard InChI is InChI=1S/C33H37FN2O7/c1-18-13-22(34)14-19(2)30(18)43-27-12-7-21(33(4,5)40)15-25(27)26-17-35(6)29(37)16-28(26)42-24-10-8-23(9-11-24)36-31(38)20(3)41-32(36)39/h7,12-17,20,23-24,40H,8-11H2,1-6H3/t20-,23-,24-/m0/s1. The summed E-state index contributed by atoms with van der Waals surface area (Å²) in [6.07, 6.45) is 2.23. The van der Waals surface area contributed by atoms with E-state index in [1.165, 1.54) is 27.7 Å². The van der Waals surface area contributed by atoms with Crippen molar-refractivity contribution in [3.8, 4) is 28.4 Å². The molecule has 1 aliphatic heterocycles. The average molecular weight is 593 g/mol. The van der Waals surface area contributed by atoms with Crippen molar-refractivity contribution in [1.82, 2.24) is 9.47 Å². The fraction of sp³-hybridized carbons (Fsp3) is 0.424. The van der Waals surface area contributed by atoms with Crippen molar-refractivity contribution in [2.24, 2.45) is 7.05 Å². The molecule has 0 unspecified atom stereocenters. The Morgan fingerprint density at radius 3 is 2.19 bits per heavy atom. The number of pyridine rings is 1. The number of amides is 2. The lowest BCUT2D eigenvalue weighted by molar-refractivity contribution is -0.131. The van der Waals surface area contributed by atoms with Gasteiger partial charge in [-0.15, -0.1) is 0 Å². The van der Waals surface area contributed by atoms with E-state index in [2.05, 4.69) is 0 Å². The zero-order chi connectivity index (χ0) is 31.2. The molecule has 1 atom stereocenters. The molecule has 1 saturated carbocycles. The summed E-state index contributed by atoms with van der Waals surface area (Å²) >= 11 is 0. The van der Waals surface area contributed by atoms with Crippen LogP contribution >= 0.6 is 0 Å². The van der Waals surface area contributed by atoms with E-state index in [0.29, 0.717) is 70.7 Å². The number of imide groups is 1. The van der Waals surface area contributed by atoms with Gasteiger partial charge in [-0.1, -0.05) is 6.07 Å². The fourth-order valence-corrected chi connectivity index (χ4v) is 5.76. The second-order valence-corrected chi connectivity index (χ2v) is 12.0. The van der Waals surface area contributed by atoms with E-state index in [-0.39, 0.29) is 29.4 Å². The second kappa shape index (κ2) is 11.5. The Balaban J connectivity index is 1.50. The number of hydrogen-bond donors (Lipinski definition) is 1. The van der Waals surface area contributed by atoms with E-state index in [1.54, 1.807) is 66.1 Å². The van der Waals surface area contributed by atoms with Gasteiger partial charge in [-0.3, -0.25) is 9.59 Å². The Labute approximate surface area is 249 Å². The van der Waals surface area contributed by atoms with Gasteiger partial charge in [0, 0.05) is 36.5 Å². The first-order chi connectivity index (χ1) is 20.2. The van der Waals surface area contributed by atoms with E-state index in [1.807, 2.05) is 0 Å². The Bertz CT molecular complexity index is 1610. The maximum Gasteiger partial charge on any atom is 0.417 e. The molecule has 1 aliphatic carbocycles. The molecule has 2 aliphatic rings. The highest BCUT2D eigenvalue weighted by molar-refractivity contribution is 6.00. The Hall–Kier alpha value is -4.18. The largest absolute Gasteiger partial charge is 0.490 e. The van der Waals surface area contributed by atoms with E-state index in [4.69, 9.17) is 14.2 Å². The van der Waals surface area contributed by atoms with E-state index < -0.39 is 17.8 Å².